The number of carbonyl (C=O) groups is 2. The predicted octanol–water partition coefficient (Wildman–Crippen LogP) is 2.20. The number of ketones is 2. The summed E-state index contributed by atoms with van der Waals surface area (Å²) in [5, 5.41) is 9.43. The second-order valence-electron chi connectivity index (χ2n) is 4.53. The molecular formula is C17H13O3Se. The minimum absolute atomic E-state index is 0.114. The normalized spacial score (nSPS) is 12.9. The molecule has 105 valence electrons. The Labute approximate surface area is 131 Å². The fraction of sp³-hybridized carbons (Fsp3) is 0.0588. The number of hydrogen-bond donors (Lipinski definition) is 1. The average molecular weight is 344 g/mol. The number of benzene rings is 2. The van der Waals surface area contributed by atoms with E-state index in [1.807, 2.05) is 30.3 Å². The Bertz CT molecular complexity index is 718. The first-order chi connectivity index (χ1) is 10.0. The van der Waals surface area contributed by atoms with E-state index in [-0.39, 0.29) is 28.4 Å². The van der Waals surface area contributed by atoms with Gasteiger partial charge in [0.15, 0.2) is 11.6 Å². The molecule has 4 heteroatoms. The number of carbonyl (C=O) groups excluding carboxylic acids is 2. The van der Waals surface area contributed by atoms with Crippen LogP contribution in [-0.4, -0.2) is 32.7 Å². The molecule has 21 heavy (non-hydrogen) atoms. The first kappa shape index (κ1) is 15.2. The van der Waals surface area contributed by atoms with Gasteiger partial charge in [-0.1, -0.05) is 12.1 Å². The van der Waals surface area contributed by atoms with Crippen molar-refractivity contribution >= 4 is 32.0 Å². The van der Waals surface area contributed by atoms with Crippen LogP contribution in [0.4, 0.5) is 0 Å². The van der Waals surface area contributed by atoms with Crippen LogP contribution in [0.25, 0.3) is 0 Å². The van der Waals surface area contributed by atoms with Crippen molar-refractivity contribution in [2.75, 3.05) is 0 Å². The summed E-state index contributed by atoms with van der Waals surface area (Å²) < 4.78 is 1.20. The van der Waals surface area contributed by atoms with Crippen molar-refractivity contribution < 1.29 is 14.7 Å². The van der Waals surface area contributed by atoms with E-state index in [1.165, 1.54) is 16.6 Å². The van der Waals surface area contributed by atoms with Gasteiger partial charge in [-0.15, -0.1) is 0 Å². The zero-order valence-corrected chi connectivity index (χ0v) is 13.1. The molecule has 1 aliphatic carbocycles. The fourth-order valence-electron chi connectivity index (χ4n) is 1.96. The van der Waals surface area contributed by atoms with Crippen LogP contribution < -0.4 is 4.46 Å². The van der Waals surface area contributed by atoms with E-state index in [4.69, 9.17) is 0 Å². The van der Waals surface area contributed by atoms with Crippen molar-refractivity contribution in [2.24, 2.45) is 0 Å². The Morgan fingerprint density at radius 3 is 2.19 bits per heavy atom. The molecule has 0 saturated carbocycles. The van der Waals surface area contributed by atoms with Gasteiger partial charge in [-0.2, -0.15) is 0 Å². The second kappa shape index (κ2) is 6.53. The monoisotopic (exact) mass is 345 g/mol. The Hall–Kier alpha value is -2.16. The van der Waals surface area contributed by atoms with Crippen LogP contribution in [0.5, 0.6) is 5.75 Å². The van der Waals surface area contributed by atoms with Gasteiger partial charge in [-0.3, -0.25) is 9.59 Å². The minimum atomic E-state index is -0.310. The number of hydrogen-bond acceptors (Lipinski definition) is 3. The van der Waals surface area contributed by atoms with Crippen molar-refractivity contribution in [3.63, 3.8) is 0 Å². The standard InChI is InChI=1S/C11H8O3.C6H5Se/c1-6-5-9(13)10-7(11(6)14)3-2-4-8(10)12;7-6-4-2-1-3-5-6/h2-5,12H,1H3;1-5H. The van der Waals surface area contributed by atoms with Crippen molar-refractivity contribution in [2.45, 2.75) is 6.92 Å². The zero-order chi connectivity index (χ0) is 15.4. The van der Waals surface area contributed by atoms with E-state index < -0.39 is 0 Å². The SMILES string of the molecule is CC1=CC(=O)c2c(O)cccc2C1=O.[Se]c1ccccc1. The molecule has 0 unspecified atom stereocenters. The first-order valence-electron chi connectivity index (χ1n) is 6.32. The van der Waals surface area contributed by atoms with E-state index in [0.717, 1.165) is 0 Å². The number of rotatable bonds is 0. The molecule has 0 amide bonds. The van der Waals surface area contributed by atoms with Gasteiger partial charge in [-0.25, -0.2) is 0 Å². The summed E-state index contributed by atoms with van der Waals surface area (Å²) in [7, 11) is 0. The molecule has 0 aliphatic heterocycles. The number of phenols is 1. The van der Waals surface area contributed by atoms with Crippen LogP contribution in [-0.2, 0) is 0 Å². The summed E-state index contributed by atoms with van der Waals surface area (Å²) in [6.07, 6.45) is 1.25. The van der Waals surface area contributed by atoms with E-state index in [2.05, 4.69) is 16.0 Å². The third kappa shape index (κ3) is 3.48. The van der Waals surface area contributed by atoms with Gasteiger partial charge in [0.1, 0.15) is 5.75 Å². The summed E-state index contributed by atoms with van der Waals surface area (Å²) in [5.74, 6) is -0.643. The predicted molar refractivity (Wildman–Crippen MR) is 82.4 cm³/mol. The van der Waals surface area contributed by atoms with Gasteiger partial charge in [0.2, 0.25) is 0 Å². The van der Waals surface area contributed by atoms with Crippen LogP contribution in [0.3, 0.4) is 0 Å². The van der Waals surface area contributed by atoms with Gasteiger partial charge in [-0.05, 0) is 19.1 Å². The summed E-state index contributed by atoms with van der Waals surface area (Å²) in [5.41, 5.74) is 0.811. The molecule has 0 bridgehead atoms. The molecule has 1 aliphatic rings. The van der Waals surface area contributed by atoms with E-state index in [0.29, 0.717) is 5.57 Å². The van der Waals surface area contributed by atoms with Gasteiger partial charge in [0.25, 0.3) is 0 Å². The van der Waals surface area contributed by atoms with Gasteiger partial charge < -0.3 is 5.11 Å². The van der Waals surface area contributed by atoms with Crippen LogP contribution in [0.2, 0.25) is 0 Å². The Morgan fingerprint density at radius 2 is 1.62 bits per heavy atom. The molecule has 0 saturated heterocycles. The molecule has 1 N–H and O–H groups in total. The Kier molecular flexibility index (Phi) is 4.73. The van der Waals surface area contributed by atoms with Gasteiger partial charge >= 0.3 is 50.8 Å². The number of aromatic hydroxyl groups is 1. The van der Waals surface area contributed by atoms with E-state index in [1.54, 1.807) is 19.1 Å². The number of Topliss-reactive ketones (excluding diaryl/α,β-unsaturated/α-hetero) is 1. The third-order valence-corrected chi connectivity index (χ3v) is 3.55. The molecule has 0 fully saturated rings. The molecular weight excluding hydrogens is 331 g/mol. The third-order valence-electron chi connectivity index (χ3n) is 2.98. The molecule has 2 aromatic carbocycles. The van der Waals surface area contributed by atoms with E-state index >= 15 is 0 Å². The first-order valence-corrected chi connectivity index (χ1v) is 7.17. The van der Waals surface area contributed by atoms with Crippen LogP contribution in [0.15, 0.2) is 60.2 Å². The summed E-state index contributed by atoms with van der Waals surface area (Å²) in [6, 6.07) is 14.6. The maximum absolute atomic E-state index is 11.6. The molecule has 3 nitrogen and oxygen atoms in total. The Morgan fingerprint density at radius 1 is 0.952 bits per heavy atom. The van der Waals surface area contributed by atoms with Crippen LogP contribution in [0.1, 0.15) is 27.6 Å². The summed E-state index contributed by atoms with van der Waals surface area (Å²) >= 11 is 2.90. The molecule has 0 heterocycles. The van der Waals surface area contributed by atoms with Crippen molar-refractivity contribution in [1.82, 2.24) is 0 Å². The second-order valence-corrected chi connectivity index (χ2v) is 5.52. The van der Waals surface area contributed by atoms with Crippen molar-refractivity contribution in [1.29, 1.82) is 0 Å². The summed E-state index contributed by atoms with van der Waals surface area (Å²) in [6.45, 7) is 1.59. The fourth-order valence-corrected chi connectivity index (χ4v) is 2.29. The van der Waals surface area contributed by atoms with Crippen molar-refractivity contribution in [3.8, 4) is 5.75 Å². The van der Waals surface area contributed by atoms with Gasteiger partial charge in [0, 0.05) is 11.1 Å². The molecule has 2 aromatic rings. The number of allylic oxidation sites excluding steroid dienone is 2. The van der Waals surface area contributed by atoms with Gasteiger partial charge in [0.05, 0.1) is 5.56 Å². The van der Waals surface area contributed by atoms with Crippen LogP contribution >= 0.6 is 0 Å². The zero-order valence-electron chi connectivity index (χ0n) is 11.4. The number of fused-ring (bicyclic) bond motifs is 1. The summed E-state index contributed by atoms with van der Waals surface area (Å²) in [4.78, 5) is 23.1. The topological polar surface area (TPSA) is 54.4 Å². The maximum atomic E-state index is 11.6. The molecule has 0 atom stereocenters. The van der Waals surface area contributed by atoms with Crippen LogP contribution in [0, 0.1) is 0 Å². The quantitative estimate of drug-likeness (QED) is 0.746. The molecule has 1 radical (unpaired) electrons. The number of phenolic OH excluding ortho intramolecular Hbond substituents is 1. The molecule has 0 spiro atoms. The Balaban J connectivity index is 0.000000194. The van der Waals surface area contributed by atoms with E-state index in [9.17, 15) is 14.7 Å². The molecule has 0 aromatic heterocycles. The molecule has 3 rings (SSSR count). The van der Waals surface area contributed by atoms with Crippen molar-refractivity contribution in [3.05, 3.63) is 71.3 Å². The average Bonchev–Trinajstić information content (AvgIpc) is 2.46.